The second kappa shape index (κ2) is 9.19. The molecule has 1 heterocycles. The second-order valence-electron chi connectivity index (χ2n) is 8.00. The monoisotopic (exact) mass is 458 g/mol. The average Bonchev–Trinajstić information content (AvgIpc) is 3.04. The summed E-state index contributed by atoms with van der Waals surface area (Å²) in [5, 5.41) is 5.74. The number of hydrogen-bond acceptors (Lipinski definition) is 5. The fourth-order valence-electron chi connectivity index (χ4n) is 3.65. The highest BCUT2D eigenvalue weighted by Gasteiger charge is 2.40. The molecule has 0 spiro atoms. The van der Waals surface area contributed by atoms with E-state index in [1.165, 1.54) is 31.2 Å². The van der Waals surface area contributed by atoms with Crippen LogP contribution >= 0.6 is 0 Å². The third-order valence-corrected chi connectivity index (χ3v) is 5.32. The van der Waals surface area contributed by atoms with Gasteiger partial charge in [-0.3, -0.25) is 14.4 Å². The van der Waals surface area contributed by atoms with Gasteiger partial charge < -0.3 is 15.5 Å². The van der Waals surface area contributed by atoms with E-state index < -0.39 is 17.6 Å². The maximum atomic E-state index is 13.5. The van der Waals surface area contributed by atoms with Gasteiger partial charge >= 0.3 is 0 Å². The van der Waals surface area contributed by atoms with E-state index in [1.54, 1.807) is 24.3 Å². The highest BCUT2D eigenvalue weighted by Crippen LogP contribution is 2.34. The van der Waals surface area contributed by atoms with Crippen LogP contribution in [0.1, 0.15) is 12.5 Å². The van der Waals surface area contributed by atoms with Crippen LogP contribution in [0.4, 0.5) is 27.1 Å². The summed E-state index contributed by atoms with van der Waals surface area (Å²) in [5.41, 5.74) is 3.17. The van der Waals surface area contributed by atoms with E-state index in [4.69, 9.17) is 0 Å². The van der Waals surface area contributed by atoms with Crippen molar-refractivity contribution < 1.29 is 18.8 Å². The van der Waals surface area contributed by atoms with Crippen molar-refractivity contribution in [3.8, 4) is 0 Å². The summed E-state index contributed by atoms with van der Waals surface area (Å²) in [5.74, 6) is -1.74. The molecule has 0 aliphatic carbocycles. The van der Waals surface area contributed by atoms with Gasteiger partial charge in [-0.2, -0.15) is 0 Å². The normalized spacial score (nSPS) is 13.4. The van der Waals surface area contributed by atoms with Gasteiger partial charge in [-0.1, -0.05) is 12.1 Å². The number of halogens is 1. The predicted octanol–water partition coefficient (Wildman–Crippen LogP) is 4.25. The number of rotatable bonds is 6. The number of amides is 3. The first-order valence-electron chi connectivity index (χ1n) is 10.6. The van der Waals surface area contributed by atoms with Crippen molar-refractivity contribution in [3.05, 3.63) is 89.9 Å². The van der Waals surface area contributed by atoms with Crippen LogP contribution in [0.5, 0.6) is 0 Å². The number of anilines is 4. The van der Waals surface area contributed by atoms with Crippen LogP contribution in [0.15, 0.2) is 78.5 Å². The molecule has 7 nitrogen and oxygen atoms in total. The van der Waals surface area contributed by atoms with E-state index >= 15 is 0 Å². The Labute approximate surface area is 196 Å². The predicted molar refractivity (Wildman–Crippen MR) is 131 cm³/mol. The Balaban J connectivity index is 1.72. The zero-order chi connectivity index (χ0) is 24.4. The Bertz CT molecular complexity index is 1280. The van der Waals surface area contributed by atoms with Crippen molar-refractivity contribution in [3.63, 3.8) is 0 Å². The van der Waals surface area contributed by atoms with Crippen LogP contribution < -0.4 is 20.4 Å². The molecule has 172 valence electrons. The van der Waals surface area contributed by atoms with E-state index in [2.05, 4.69) is 10.6 Å². The molecule has 0 bridgehead atoms. The third kappa shape index (κ3) is 4.52. The standard InChI is InChI=1S/C26H23FN4O3/c1-16(32)28-19-10-14-22(15-11-19)31-25(33)23(17-4-6-18(27)7-5-17)24(26(31)34)29-20-8-12-21(13-9-20)30(2)3/h4-15,29H,1-3H3,(H,28,32). The minimum Gasteiger partial charge on any atom is -0.378 e. The molecule has 1 aliphatic heterocycles. The van der Waals surface area contributed by atoms with Crippen LogP contribution in [0.25, 0.3) is 5.57 Å². The molecule has 4 rings (SSSR count). The van der Waals surface area contributed by atoms with Gasteiger partial charge in [0.25, 0.3) is 11.8 Å². The lowest BCUT2D eigenvalue weighted by molar-refractivity contribution is -0.120. The van der Waals surface area contributed by atoms with Crippen molar-refractivity contribution in [2.45, 2.75) is 6.92 Å². The Morgan fingerprint density at radius 1 is 0.824 bits per heavy atom. The summed E-state index contributed by atoms with van der Waals surface area (Å²) >= 11 is 0. The van der Waals surface area contributed by atoms with Gasteiger partial charge in [0.05, 0.1) is 11.3 Å². The minimum absolute atomic E-state index is 0.0974. The van der Waals surface area contributed by atoms with Gasteiger partial charge in [0, 0.05) is 38.1 Å². The van der Waals surface area contributed by atoms with Gasteiger partial charge in [0.15, 0.2) is 0 Å². The van der Waals surface area contributed by atoms with Crippen LogP contribution in [-0.2, 0) is 14.4 Å². The van der Waals surface area contributed by atoms with Crippen molar-refractivity contribution in [2.75, 3.05) is 34.5 Å². The maximum absolute atomic E-state index is 13.5. The molecule has 0 atom stereocenters. The minimum atomic E-state index is -0.534. The average molecular weight is 458 g/mol. The molecule has 3 aromatic rings. The van der Waals surface area contributed by atoms with Crippen LogP contribution in [0, 0.1) is 5.82 Å². The van der Waals surface area contributed by atoms with Crippen molar-refractivity contribution >= 4 is 46.0 Å². The van der Waals surface area contributed by atoms with Crippen LogP contribution in [0.2, 0.25) is 0 Å². The number of hydrogen-bond donors (Lipinski definition) is 2. The molecule has 0 saturated heterocycles. The highest BCUT2D eigenvalue weighted by atomic mass is 19.1. The number of carbonyl (C=O) groups is 3. The first-order valence-corrected chi connectivity index (χ1v) is 10.6. The second-order valence-corrected chi connectivity index (χ2v) is 8.00. The first kappa shape index (κ1) is 22.7. The molecule has 0 aromatic heterocycles. The largest absolute Gasteiger partial charge is 0.378 e. The van der Waals surface area contributed by atoms with E-state index in [9.17, 15) is 18.8 Å². The van der Waals surface area contributed by atoms with Crippen molar-refractivity contribution in [1.82, 2.24) is 0 Å². The summed E-state index contributed by atoms with van der Waals surface area (Å²) in [6.07, 6.45) is 0. The third-order valence-electron chi connectivity index (χ3n) is 5.32. The molecule has 2 N–H and O–H groups in total. The topological polar surface area (TPSA) is 81.8 Å². The summed E-state index contributed by atoms with van der Waals surface area (Å²) in [4.78, 5) is 41.2. The summed E-state index contributed by atoms with van der Waals surface area (Å²) in [7, 11) is 3.84. The van der Waals surface area contributed by atoms with Gasteiger partial charge in [0.1, 0.15) is 11.5 Å². The van der Waals surface area contributed by atoms with Crippen LogP contribution in [-0.4, -0.2) is 31.8 Å². The molecule has 0 radical (unpaired) electrons. The zero-order valence-electron chi connectivity index (χ0n) is 18.9. The van der Waals surface area contributed by atoms with Crippen LogP contribution in [0.3, 0.4) is 0 Å². The number of nitrogens with one attached hydrogen (secondary N) is 2. The Kier molecular flexibility index (Phi) is 6.14. The Hall–Kier alpha value is -4.46. The lowest BCUT2D eigenvalue weighted by Crippen LogP contribution is -2.32. The van der Waals surface area contributed by atoms with Gasteiger partial charge in [0.2, 0.25) is 5.91 Å². The molecule has 1 aliphatic rings. The lowest BCUT2D eigenvalue weighted by atomic mass is 10.0. The van der Waals surface area contributed by atoms with Gasteiger partial charge in [-0.15, -0.1) is 0 Å². The summed E-state index contributed by atoms with van der Waals surface area (Å²) < 4.78 is 13.5. The SMILES string of the molecule is CC(=O)Nc1ccc(N2C(=O)C(Nc3ccc(N(C)C)cc3)=C(c3ccc(F)cc3)C2=O)cc1. The van der Waals surface area contributed by atoms with Gasteiger partial charge in [-0.25, -0.2) is 9.29 Å². The van der Waals surface area contributed by atoms with E-state index in [0.717, 1.165) is 10.6 Å². The molecule has 3 aromatic carbocycles. The Morgan fingerprint density at radius 2 is 1.41 bits per heavy atom. The molecule has 0 saturated carbocycles. The molecule has 0 fully saturated rings. The highest BCUT2D eigenvalue weighted by molar-refractivity contribution is 6.46. The number of benzene rings is 3. The molecule has 8 heteroatoms. The summed E-state index contributed by atoms with van der Waals surface area (Å²) in [6, 6.07) is 19.2. The number of nitrogens with zero attached hydrogens (tertiary/aromatic N) is 2. The molecule has 3 amide bonds. The first-order chi connectivity index (χ1) is 16.2. The summed E-state index contributed by atoms with van der Waals surface area (Å²) in [6.45, 7) is 1.39. The quantitative estimate of drug-likeness (QED) is 0.540. The lowest BCUT2D eigenvalue weighted by Gasteiger charge is -2.16. The fraction of sp³-hybridized carbons (Fsp3) is 0.115. The number of imide groups is 1. The van der Waals surface area contributed by atoms with E-state index in [0.29, 0.717) is 22.6 Å². The van der Waals surface area contributed by atoms with Crippen molar-refractivity contribution in [1.29, 1.82) is 0 Å². The smallest absolute Gasteiger partial charge is 0.282 e. The molecular weight excluding hydrogens is 435 g/mol. The molecular formula is C26H23FN4O3. The van der Waals surface area contributed by atoms with E-state index in [-0.39, 0.29) is 17.2 Å². The fourth-order valence-corrected chi connectivity index (χ4v) is 3.65. The Morgan fingerprint density at radius 3 is 1.97 bits per heavy atom. The number of carbonyl (C=O) groups excluding carboxylic acids is 3. The molecule has 34 heavy (non-hydrogen) atoms. The van der Waals surface area contributed by atoms with E-state index in [1.807, 2.05) is 43.3 Å². The van der Waals surface area contributed by atoms with Crippen molar-refractivity contribution in [2.24, 2.45) is 0 Å². The maximum Gasteiger partial charge on any atom is 0.282 e. The van der Waals surface area contributed by atoms with Gasteiger partial charge in [-0.05, 0) is 66.2 Å². The molecule has 0 unspecified atom stereocenters. The zero-order valence-corrected chi connectivity index (χ0v) is 18.9.